The number of nitrogens with one attached hydrogen (secondary N) is 3. The van der Waals surface area contributed by atoms with Crippen molar-refractivity contribution in [1.82, 2.24) is 35.4 Å². The van der Waals surface area contributed by atoms with Gasteiger partial charge < -0.3 is 15.5 Å². The standard InChI is InChI=1S/C20H24N8O2/c1-27-9-6-16(20(27)30)28-18(12-4-7-21-8-5-12)17(25-26-28)19(29)23-14-3-2-13-11-22-24-15(13)10-14/h2-3,10-12,16,21H,4-9H2,1H3,(H,22,24)(H,23,29). The number of anilines is 1. The first-order valence-electron chi connectivity index (χ1n) is 10.3. The van der Waals surface area contributed by atoms with Crippen LogP contribution in [0.25, 0.3) is 10.9 Å². The van der Waals surface area contributed by atoms with Crippen LogP contribution in [0.5, 0.6) is 0 Å². The molecule has 0 radical (unpaired) electrons. The summed E-state index contributed by atoms with van der Waals surface area (Å²) in [6.07, 6.45) is 4.17. The molecule has 0 spiro atoms. The van der Waals surface area contributed by atoms with Crippen LogP contribution in [0.4, 0.5) is 5.69 Å². The molecule has 1 aromatic carbocycles. The van der Waals surface area contributed by atoms with Gasteiger partial charge in [0.15, 0.2) is 5.69 Å². The first kappa shape index (κ1) is 18.7. The molecule has 5 rings (SSSR count). The van der Waals surface area contributed by atoms with Gasteiger partial charge in [0.25, 0.3) is 5.91 Å². The molecule has 2 aliphatic rings. The van der Waals surface area contributed by atoms with Gasteiger partial charge in [-0.2, -0.15) is 5.10 Å². The Morgan fingerprint density at radius 1 is 1.23 bits per heavy atom. The predicted molar refractivity (Wildman–Crippen MR) is 110 cm³/mol. The monoisotopic (exact) mass is 408 g/mol. The minimum atomic E-state index is -0.393. The smallest absolute Gasteiger partial charge is 0.278 e. The number of hydrogen-bond donors (Lipinski definition) is 3. The van der Waals surface area contributed by atoms with Crippen LogP contribution in [0.2, 0.25) is 0 Å². The number of hydrogen-bond acceptors (Lipinski definition) is 6. The molecule has 1 atom stereocenters. The number of aromatic amines is 1. The normalized spacial score (nSPS) is 20.2. The third kappa shape index (κ3) is 3.22. The Morgan fingerprint density at radius 2 is 2.07 bits per heavy atom. The van der Waals surface area contributed by atoms with Gasteiger partial charge in [-0.05, 0) is 50.6 Å². The quantitative estimate of drug-likeness (QED) is 0.598. The Balaban J connectivity index is 1.48. The molecule has 0 aliphatic carbocycles. The number of amides is 2. The lowest BCUT2D eigenvalue weighted by Crippen LogP contribution is -2.31. The number of piperidine rings is 1. The molecule has 1 unspecified atom stereocenters. The molecule has 10 nitrogen and oxygen atoms in total. The second kappa shape index (κ2) is 7.52. The van der Waals surface area contributed by atoms with Crippen LogP contribution in [-0.4, -0.2) is 68.6 Å². The van der Waals surface area contributed by atoms with Crippen molar-refractivity contribution >= 4 is 28.4 Å². The van der Waals surface area contributed by atoms with Gasteiger partial charge in [0.05, 0.1) is 17.4 Å². The molecule has 2 saturated heterocycles. The van der Waals surface area contributed by atoms with E-state index in [1.165, 1.54) is 0 Å². The van der Waals surface area contributed by atoms with Crippen molar-refractivity contribution in [2.45, 2.75) is 31.2 Å². The molecule has 0 bridgehead atoms. The van der Waals surface area contributed by atoms with Crippen molar-refractivity contribution in [3.63, 3.8) is 0 Å². The summed E-state index contributed by atoms with van der Waals surface area (Å²) in [6, 6.07) is 5.17. The zero-order valence-electron chi connectivity index (χ0n) is 16.8. The first-order chi connectivity index (χ1) is 14.6. The van der Waals surface area contributed by atoms with Crippen molar-refractivity contribution in [3.05, 3.63) is 35.8 Å². The summed E-state index contributed by atoms with van der Waals surface area (Å²) in [6.45, 7) is 2.42. The molecule has 2 amide bonds. The van der Waals surface area contributed by atoms with E-state index in [1.54, 1.807) is 22.8 Å². The molecule has 2 aliphatic heterocycles. The number of carbonyl (C=O) groups is 2. The zero-order valence-corrected chi connectivity index (χ0v) is 16.8. The molecule has 10 heteroatoms. The second-order valence-electron chi connectivity index (χ2n) is 7.98. The lowest BCUT2D eigenvalue weighted by atomic mass is 9.92. The van der Waals surface area contributed by atoms with Gasteiger partial charge in [0.1, 0.15) is 6.04 Å². The van der Waals surface area contributed by atoms with Crippen molar-refractivity contribution in [1.29, 1.82) is 0 Å². The number of H-pyrrole nitrogens is 1. The van der Waals surface area contributed by atoms with Gasteiger partial charge in [0, 0.05) is 30.6 Å². The van der Waals surface area contributed by atoms with E-state index in [0.717, 1.165) is 42.5 Å². The fourth-order valence-electron chi connectivity index (χ4n) is 4.40. The number of nitrogens with zero attached hydrogens (tertiary/aromatic N) is 5. The third-order valence-electron chi connectivity index (χ3n) is 6.07. The number of fused-ring (bicyclic) bond motifs is 1. The third-order valence-corrected chi connectivity index (χ3v) is 6.07. The fourth-order valence-corrected chi connectivity index (χ4v) is 4.40. The summed E-state index contributed by atoms with van der Waals surface area (Å²) in [5.74, 6) is -0.157. The highest BCUT2D eigenvalue weighted by molar-refractivity contribution is 6.04. The Hall–Kier alpha value is -3.27. The van der Waals surface area contributed by atoms with Crippen LogP contribution in [0.3, 0.4) is 0 Å². The Kier molecular flexibility index (Phi) is 4.70. The minimum absolute atomic E-state index is 0.0201. The topological polar surface area (TPSA) is 121 Å². The van der Waals surface area contributed by atoms with E-state index in [9.17, 15) is 9.59 Å². The van der Waals surface area contributed by atoms with Gasteiger partial charge >= 0.3 is 0 Å². The summed E-state index contributed by atoms with van der Waals surface area (Å²) in [4.78, 5) is 27.5. The summed E-state index contributed by atoms with van der Waals surface area (Å²) in [7, 11) is 1.79. The molecule has 0 saturated carbocycles. The first-order valence-corrected chi connectivity index (χ1v) is 10.3. The number of aromatic nitrogens is 5. The molecule has 3 N–H and O–H groups in total. The lowest BCUT2D eigenvalue weighted by Gasteiger charge is -2.25. The van der Waals surface area contributed by atoms with E-state index in [2.05, 4.69) is 31.1 Å². The van der Waals surface area contributed by atoms with Gasteiger partial charge in [0.2, 0.25) is 5.91 Å². The van der Waals surface area contributed by atoms with Crippen LogP contribution in [0, 0.1) is 0 Å². The number of carbonyl (C=O) groups excluding carboxylic acids is 2. The van der Waals surface area contributed by atoms with Crippen LogP contribution in [-0.2, 0) is 4.79 Å². The van der Waals surface area contributed by atoms with Gasteiger partial charge in [-0.1, -0.05) is 5.21 Å². The number of likely N-dealkylation sites (tertiary alicyclic amines) is 1. The van der Waals surface area contributed by atoms with E-state index in [-0.39, 0.29) is 17.7 Å². The highest BCUT2D eigenvalue weighted by atomic mass is 16.2. The maximum atomic E-state index is 13.2. The van der Waals surface area contributed by atoms with E-state index in [0.29, 0.717) is 24.3 Å². The number of benzene rings is 1. The summed E-state index contributed by atoms with van der Waals surface area (Å²) in [5, 5.41) is 22.7. The van der Waals surface area contributed by atoms with Crippen LogP contribution >= 0.6 is 0 Å². The SMILES string of the molecule is CN1CCC(n2nnc(C(=O)Nc3ccc4cn[nH]c4c3)c2C2CCNCC2)C1=O. The highest BCUT2D eigenvalue weighted by Gasteiger charge is 2.37. The van der Waals surface area contributed by atoms with Crippen LogP contribution in [0.1, 0.15) is 47.4 Å². The molecule has 4 heterocycles. The second-order valence-corrected chi connectivity index (χ2v) is 7.98. The molecule has 2 aromatic heterocycles. The molecule has 30 heavy (non-hydrogen) atoms. The lowest BCUT2D eigenvalue weighted by molar-refractivity contribution is -0.129. The van der Waals surface area contributed by atoms with Crippen LogP contribution < -0.4 is 10.6 Å². The molecular formula is C20H24N8O2. The Bertz CT molecular complexity index is 1100. The van der Waals surface area contributed by atoms with E-state index >= 15 is 0 Å². The number of likely N-dealkylation sites (N-methyl/N-ethyl adjacent to an activating group) is 1. The molecule has 3 aromatic rings. The summed E-state index contributed by atoms with van der Waals surface area (Å²) >= 11 is 0. The van der Waals surface area contributed by atoms with Gasteiger partial charge in [-0.3, -0.25) is 14.7 Å². The summed E-state index contributed by atoms with van der Waals surface area (Å²) in [5.41, 5.74) is 2.56. The van der Waals surface area contributed by atoms with E-state index < -0.39 is 6.04 Å². The average molecular weight is 408 g/mol. The van der Waals surface area contributed by atoms with Crippen molar-refractivity contribution in [2.24, 2.45) is 0 Å². The Labute approximate surface area is 173 Å². The van der Waals surface area contributed by atoms with E-state index in [1.807, 2.05) is 18.2 Å². The van der Waals surface area contributed by atoms with Crippen molar-refractivity contribution in [3.8, 4) is 0 Å². The Morgan fingerprint density at radius 3 is 2.83 bits per heavy atom. The molecule has 2 fully saturated rings. The van der Waals surface area contributed by atoms with Gasteiger partial charge in [-0.25, -0.2) is 4.68 Å². The minimum Gasteiger partial charge on any atom is -0.344 e. The maximum Gasteiger partial charge on any atom is 0.278 e. The van der Waals surface area contributed by atoms with Crippen molar-refractivity contribution < 1.29 is 9.59 Å². The van der Waals surface area contributed by atoms with Crippen molar-refractivity contribution in [2.75, 3.05) is 32.0 Å². The zero-order chi connectivity index (χ0) is 20.7. The predicted octanol–water partition coefficient (Wildman–Crippen LogP) is 1.28. The highest BCUT2D eigenvalue weighted by Crippen LogP contribution is 2.32. The molecule has 156 valence electrons. The summed E-state index contributed by atoms with van der Waals surface area (Å²) < 4.78 is 1.70. The average Bonchev–Trinajstić information content (AvgIpc) is 3.47. The fraction of sp³-hybridized carbons (Fsp3) is 0.450. The maximum absolute atomic E-state index is 13.2. The number of rotatable bonds is 4. The molecular weight excluding hydrogens is 384 g/mol. The largest absolute Gasteiger partial charge is 0.344 e. The van der Waals surface area contributed by atoms with Gasteiger partial charge in [-0.15, -0.1) is 5.10 Å². The van der Waals surface area contributed by atoms with E-state index in [4.69, 9.17) is 0 Å². The van der Waals surface area contributed by atoms with Crippen LogP contribution in [0.15, 0.2) is 24.4 Å².